The van der Waals surface area contributed by atoms with Crippen LogP contribution in [0.5, 0.6) is 0 Å². The van der Waals surface area contributed by atoms with Crippen LogP contribution in [0.2, 0.25) is 0 Å². The van der Waals surface area contributed by atoms with Crippen molar-refractivity contribution in [2.24, 2.45) is 0 Å². The molecular formula is C18H12F3NO3. The SMILES string of the molecule is Cc1c(COC(=O)c2ccc(F)cc2F)noc1-c1ccc(F)cc1. The fourth-order valence-corrected chi connectivity index (χ4v) is 2.24. The number of halogens is 3. The van der Waals surface area contributed by atoms with Crippen LogP contribution in [0.15, 0.2) is 47.0 Å². The van der Waals surface area contributed by atoms with Gasteiger partial charge in [-0.25, -0.2) is 18.0 Å². The summed E-state index contributed by atoms with van der Waals surface area (Å²) in [7, 11) is 0. The monoisotopic (exact) mass is 347 g/mol. The molecule has 0 unspecified atom stereocenters. The predicted molar refractivity (Wildman–Crippen MR) is 82.1 cm³/mol. The zero-order valence-electron chi connectivity index (χ0n) is 13.1. The normalized spacial score (nSPS) is 10.7. The summed E-state index contributed by atoms with van der Waals surface area (Å²) in [5, 5.41) is 3.82. The lowest BCUT2D eigenvalue weighted by Crippen LogP contribution is -2.08. The smallest absolute Gasteiger partial charge is 0.341 e. The average molecular weight is 347 g/mol. The van der Waals surface area contributed by atoms with Gasteiger partial charge < -0.3 is 9.26 Å². The van der Waals surface area contributed by atoms with E-state index >= 15 is 0 Å². The molecule has 0 aliphatic heterocycles. The molecule has 3 rings (SSSR count). The quantitative estimate of drug-likeness (QED) is 0.656. The predicted octanol–water partition coefficient (Wildman–Crippen LogP) is 4.42. The third-order valence-corrected chi connectivity index (χ3v) is 3.62. The molecule has 3 aromatic rings. The van der Waals surface area contributed by atoms with Crippen LogP contribution in [-0.2, 0) is 11.3 Å². The van der Waals surface area contributed by atoms with Crippen molar-refractivity contribution in [2.75, 3.05) is 0 Å². The van der Waals surface area contributed by atoms with E-state index < -0.39 is 17.6 Å². The molecule has 0 amide bonds. The Bertz CT molecular complexity index is 920. The molecule has 1 heterocycles. The van der Waals surface area contributed by atoms with E-state index in [9.17, 15) is 18.0 Å². The highest BCUT2D eigenvalue weighted by molar-refractivity contribution is 5.89. The molecule has 0 saturated carbocycles. The van der Waals surface area contributed by atoms with Crippen LogP contribution in [0.1, 0.15) is 21.6 Å². The Kier molecular flexibility index (Phi) is 4.56. The summed E-state index contributed by atoms with van der Waals surface area (Å²) in [6.45, 7) is 1.46. The van der Waals surface area contributed by atoms with Crippen LogP contribution in [0.3, 0.4) is 0 Å². The van der Waals surface area contributed by atoms with Crippen LogP contribution in [0.4, 0.5) is 13.2 Å². The number of nitrogens with zero attached hydrogens (tertiary/aromatic N) is 1. The minimum atomic E-state index is -1.01. The first kappa shape index (κ1) is 16.8. The molecule has 0 bridgehead atoms. The second-order valence-corrected chi connectivity index (χ2v) is 5.29. The topological polar surface area (TPSA) is 52.3 Å². The molecule has 1 aromatic heterocycles. The number of esters is 1. The van der Waals surface area contributed by atoms with Gasteiger partial charge in [0.25, 0.3) is 0 Å². The summed E-state index contributed by atoms with van der Waals surface area (Å²) in [6, 6.07) is 8.21. The first-order valence-electron chi connectivity index (χ1n) is 7.29. The number of rotatable bonds is 4. The summed E-state index contributed by atoms with van der Waals surface area (Å²) in [6.07, 6.45) is 0. The van der Waals surface area contributed by atoms with E-state index in [2.05, 4.69) is 5.16 Å². The van der Waals surface area contributed by atoms with Gasteiger partial charge in [0.1, 0.15) is 29.8 Å². The molecule has 0 aliphatic rings. The second kappa shape index (κ2) is 6.80. The summed E-state index contributed by atoms with van der Waals surface area (Å²) in [4.78, 5) is 11.9. The van der Waals surface area contributed by atoms with Crippen molar-refractivity contribution < 1.29 is 27.2 Å². The van der Waals surface area contributed by atoms with Gasteiger partial charge in [-0.05, 0) is 43.3 Å². The minimum Gasteiger partial charge on any atom is -0.455 e. The summed E-state index contributed by atoms with van der Waals surface area (Å²) < 4.78 is 49.6. The maximum atomic E-state index is 13.6. The Morgan fingerprint density at radius 3 is 2.44 bits per heavy atom. The standard InChI is InChI=1S/C18H12F3NO3/c1-10-16(22-25-17(10)11-2-4-12(19)5-3-11)9-24-18(23)14-7-6-13(20)8-15(14)21/h2-8H,9H2,1H3. The molecule has 4 nitrogen and oxygen atoms in total. The molecule has 0 N–H and O–H groups in total. The van der Waals surface area contributed by atoms with Gasteiger partial charge in [-0.15, -0.1) is 0 Å². The van der Waals surface area contributed by atoms with Crippen molar-refractivity contribution in [2.45, 2.75) is 13.5 Å². The molecular weight excluding hydrogens is 335 g/mol. The van der Waals surface area contributed by atoms with Crippen molar-refractivity contribution >= 4 is 5.97 Å². The molecule has 0 saturated heterocycles. The molecule has 0 spiro atoms. The third kappa shape index (κ3) is 3.55. The molecule has 0 fully saturated rings. The number of carbonyl (C=O) groups excluding carboxylic acids is 1. The van der Waals surface area contributed by atoms with Gasteiger partial charge in [0.2, 0.25) is 0 Å². The minimum absolute atomic E-state index is 0.244. The maximum Gasteiger partial charge on any atom is 0.341 e. The molecule has 0 aliphatic carbocycles. The van der Waals surface area contributed by atoms with Crippen LogP contribution in [-0.4, -0.2) is 11.1 Å². The molecule has 0 atom stereocenters. The summed E-state index contributed by atoms with van der Waals surface area (Å²) in [5.74, 6) is -2.70. The van der Waals surface area contributed by atoms with Gasteiger partial charge >= 0.3 is 5.97 Å². The van der Waals surface area contributed by atoms with E-state index in [-0.39, 0.29) is 18.0 Å². The number of carbonyl (C=O) groups is 1. The van der Waals surface area contributed by atoms with E-state index in [1.54, 1.807) is 6.92 Å². The Hall–Kier alpha value is -3.09. The van der Waals surface area contributed by atoms with Crippen LogP contribution in [0, 0.1) is 24.4 Å². The van der Waals surface area contributed by atoms with E-state index in [1.807, 2.05) is 0 Å². The summed E-state index contributed by atoms with van der Waals surface area (Å²) >= 11 is 0. The Morgan fingerprint density at radius 1 is 1.08 bits per heavy atom. The van der Waals surface area contributed by atoms with Crippen LogP contribution >= 0.6 is 0 Å². The largest absolute Gasteiger partial charge is 0.455 e. The lowest BCUT2D eigenvalue weighted by Gasteiger charge is -2.04. The van der Waals surface area contributed by atoms with E-state index in [1.165, 1.54) is 24.3 Å². The average Bonchev–Trinajstić information content (AvgIpc) is 2.94. The molecule has 2 aromatic carbocycles. The lowest BCUT2D eigenvalue weighted by atomic mass is 10.1. The van der Waals surface area contributed by atoms with Gasteiger partial charge in [-0.2, -0.15) is 0 Å². The highest BCUT2D eigenvalue weighted by Gasteiger charge is 2.18. The number of hydrogen-bond acceptors (Lipinski definition) is 4. The fourth-order valence-electron chi connectivity index (χ4n) is 2.24. The van der Waals surface area contributed by atoms with Gasteiger partial charge in [-0.1, -0.05) is 5.16 Å². The first-order valence-corrected chi connectivity index (χ1v) is 7.29. The van der Waals surface area contributed by atoms with Crippen LogP contribution in [0.25, 0.3) is 11.3 Å². The number of benzene rings is 2. The van der Waals surface area contributed by atoms with Crippen molar-refractivity contribution in [3.63, 3.8) is 0 Å². The molecule has 7 heteroatoms. The van der Waals surface area contributed by atoms with Crippen molar-refractivity contribution in [1.82, 2.24) is 5.16 Å². The Balaban J connectivity index is 1.74. The Labute approximate surface area is 140 Å². The van der Waals surface area contributed by atoms with Gasteiger partial charge in [-0.3, -0.25) is 0 Å². The Morgan fingerprint density at radius 2 is 1.76 bits per heavy atom. The maximum absolute atomic E-state index is 13.6. The van der Waals surface area contributed by atoms with Gasteiger partial charge in [0.15, 0.2) is 5.76 Å². The summed E-state index contributed by atoms with van der Waals surface area (Å²) in [5.41, 5.74) is 1.20. The molecule has 0 radical (unpaired) electrons. The molecule has 128 valence electrons. The fraction of sp³-hybridized carbons (Fsp3) is 0.111. The van der Waals surface area contributed by atoms with E-state index in [0.29, 0.717) is 28.6 Å². The van der Waals surface area contributed by atoms with Gasteiger partial charge in [0, 0.05) is 17.2 Å². The van der Waals surface area contributed by atoms with Crippen molar-refractivity contribution in [3.05, 3.63) is 76.7 Å². The van der Waals surface area contributed by atoms with Crippen molar-refractivity contribution in [1.29, 1.82) is 0 Å². The lowest BCUT2D eigenvalue weighted by molar-refractivity contribution is 0.0458. The zero-order chi connectivity index (χ0) is 18.0. The zero-order valence-corrected chi connectivity index (χ0v) is 13.1. The second-order valence-electron chi connectivity index (χ2n) is 5.29. The highest BCUT2D eigenvalue weighted by atomic mass is 19.1. The number of ether oxygens (including phenoxy) is 1. The van der Waals surface area contributed by atoms with Gasteiger partial charge in [0.05, 0.1) is 5.56 Å². The first-order chi connectivity index (χ1) is 12.0. The van der Waals surface area contributed by atoms with Crippen molar-refractivity contribution in [3.8, 4) is 11.3 Å². The molecule has 25 heavy (non-hydrogen) atoms. The number of hydrogen-bond donors (Lipinski definition) is 0. The van der Waals surface area contributed by atoms with E-state index in [4.69, 9.17) is 9.26 Å². The third-order valence-electron chi connectivity index (χ3n) is 3.62. The van der Waals surface area contributed by atoms with E-state index in [0.717, 1.165) is 12.1 Å². The number of aromatic nitrogens is 1. The highest BCUT2D eigenvalue weighted by Crippen LogP contribution is 2.26. The van der Waals surface area contributed by atoms with Crippen LogP contribution < -0.4 is 0 Å².